The monoisotopic (exact) mass is 252 g/mol. The number of nitrogens with one attached hydrogen (secondary N) is 1. The van der Waals surface area contributed by atoms with Crippen LogP contribution in [0.25, 0.3) is 0 Å². The van der Waals surface area contributed by atoms with E-state index < -0.39 is 0 Å². The van der Waals surface area contributed by atoms with Gasteiger partial charge in [0, 0.05) is 19.7 Å². The van der Waals surface area contributed by atoms with E-state index in [4.69, 9.17) is 4.74 Å². The van der Waals surface area contributed by atoms with Crippen LogP contribution in [-0.4, -0.2) is 43.8 Å². The second-order valence-corrected chi connectivity index (χ2v) is 4.59. The highest BCUT2D eigenvalue weighted by atomic mass is 16.5. The summed E-state index contributed by atoms with van der Waals surface area (Å²) < 4.78 is 5.44. The molecule has 0 aliphatic carbocycles. The third-order valence-corrected chi connectivity index (χ3v) is 2.62. The number of nitrogens with zero attached hydrogens (tertiary/aromatic N) is 3. The van der Waals surface area contributed by atoms with Crippen molar-refractivity contribution in [2.24, 2.45) is 5.92 Å². The minimum Gasteiger partial charge on any atom is -0.478 e. The Morgan fingerprint density at radius 2 is 2.17 bits per heavy atom. The Morgan fingerprint density at radius 3 is 2.78 bits per heavy atom. The van der Waals surface area contributed by atoms with E-state index in [1.54, 1.807) is 0 Å². The summed E-state index contributed by atoms with van der Waals surface area (Å²) in [5.41, 5.74) is 0. The molecule has 0 bridgehead atoms. The van der Waals surface area contributed by atoms with Gasteiger partial charge in [0.05, 0.1) is 6.61 Å². The van der Waals surface area contributed by atoms with Gasteiger partial charge in [-0.3, -0.25) is 0 Å². The first-order valence-corrected chi connectivity index (χ1v) is 6.41. The van der Waals surface area contributed by atoms with Gasteiger partial charge in [-0.15, -0.1) is 0 Å². The molecule has 1 heterocycles. The van der Waals surface area contributed by atoms with Gasteiger partial charge in [-0.05, 0) is 33.4 Å². The van der Waals surface area contributed by atoms with Gasteiger partial charge >= 0.3 is 0 Å². The number of hydrogen-bond acceptors (Lipinski definition) is 5. The fourth-order valence-electron chi connectivity index (χ4n) is 1.92. The lowest BCUT2D eigenvalue weighted by Gasteiger charge is -2.22. The van der Waals surface area contributed by atoms with Crippen molar-refractivity contribution in [2.75, 3.05) is 38.7 Å². The molecule has 0 aliphatic heterocycles. The molecule has 0 fully saturated rings. The predicted octanol–water partition coefficient (Wildman–Crippen LogP) is 1.48. The maximum atomic E-state index is 5.44. The van der Waals surface area contributed by atoms with E-state index >= 15 is 0 Å². The van der Waals surface area contributed by atoms with Crippen LogP contribution in [0.3, 0.4) is 0 Å². The second kappa shape index (κ2) is 7.16. The molecular formula is C13H24N4O. The molecule has 0 aromatic carbocycles. The highest BCUT2D eigenvalue weighted by molar-refractivity contribution is 5.40. The van der Waals surface area contributed by atoms with Crippen LogP contribution < -0.4 is 15.0 Å². The molecule has 1 unspecified atom stereocenters. The van der Waals surface area contributed by atoms with Crippen molar-refractivity contribution in [3.05, 3.63) is 11.9 Å². The molecule has 0 saturated carbocycles. The largest absolute Gasteiger partial charge is 0.478 e. The van der Waals surface area contributed by atoms with Gasteiger partial charge in [0.15, 0.2) is 0 Å². The first-order chi connectivity index (χ1) is 8.56. The zero-order valence-electron chi connectivity index (χ0n) is 12.0. The minimum atomic E-state index is 0.561. The normalized spacial score (nSPS) is 12.3. The Bertz CT molecular complexity index is 370. The van der Waals surface area contributed by atoms with Crippen molar-refractivity contribution < 1.29 is 4.74 Å². The highest BCUT2D eigenvalue weighted by Gasteiger charge is 2.10. The van der Waals surface area contributed by atoms with Crippen molar-refractivity contribution in [2.45, 2.75) is 20.8 Å². The third kappa shape index (κ3) is 4.49. The molecule has 102 valence electrons. The summed E-state index contributed by atoms with van der Waals surface area (Å²) in [4.78, 5) is 10.8. The standard InChI is InChI=1S/C13H24N4O/c1-6-18-13-7-12(15-11(3)16-13)17(5)9-10(2)8-14-4/h7,10,14H,6,8-9H2,1-5H3. The van der Waals surface area contributed by atoms with Crippen LogP contribution in [0.15, 0.2) is 6.07 Å². The molecule has 1 N–H and O–H groups in total. The van der Waals surface area contributed by atoms with Gasteiger partial charge in [-0.1, -0.05) is 6.92 Å². The zero-order valence-corrected chi connectivity index (χ0v) is 12.0. The maximum absolute atomic E-state index is 5.44. The lowest BCUT2D eigenvalue weighted by molar-refractivity contribution is 0.325. The molecule has 1 aromatic heterocycles. The summed E-state index contributed by atoms with van der Waals surface area (Å²) in [6, 6.07) is 1.89. The van der Waals surface area contributed by atoms with Crippen LogP contribution >= 0.6 is 0 Å². The van der Waals surface area contributed by atoms with Gasteiger partial charge in [0.25, 0.3) is 0 Å². The van der Waals surface area contributed by atoms with Crippen LogP contribution in [0.1, 0.15) is 19.7 Å². The first-order valence-electron chi connectivity index (χ1n) is 6.41. The molecule has 0 aliphatic rings. The summed E-state index contributed by atoms with van der Waals surface area (Å²) in [5, 5.41) is 3.18. The van der Waals surface area contributed by atoms with E-state index in [1.165, 1.54) is 0 Å². The number of aryl methyl sites for hydroxylation is 1. The smallest absolute Gasteiger partial charge is 0.218 e. The van der Waals surface area contributed by atoms with Gasteiger partial charge in [-0.25, -0.2) is 4.98 Å². The molecule has 5 nitrogen and oxygen atoms in total. The van der Waals surface area contributed by atoms with E-state index in [1.807, 2.05) is 34.0 Å². The van der Waals surface area contributed by atoms with Gasteiger partial charge in [0.2, 0.25) is 5.88 Å². The summed E-state index contributed by atoms with van der Waals surface area (Å²) in [7, 11) is 4.02. The molecule has 0 spiro atoms. The second-order valence-electron chi connectivity index (χ2n) is 4.59. The van der Waals surface area contributed by atoms with E-state index in [9.17, 15) is 0 Å². The Kier molecular flexibility index (Phi) is 5.85. The minimum absolute atomic E-state index is 0.561. The van der Waals surface area contributed by atoms with Crippen LogP contribution in [0.4, 0.5) is 5.82 Å². The molecular weight excluding hydrogens is 228 g/mol. The molecule has 1 atom stereocenters. The first kappa shape index (κ1) is 14.7. The third-order valence-electron chi connectivity index (χ3n) is 2.62. The van der Waals surface area contributed by atoms with E-state index in [-0.39, 0.29) is 0 Å². The molecule has 1 aromatic rings. The van der Waals surface area contributed by atoms with Crippen molar-refractivity contribution in [3.63, 3.8) is 0 Å². The molecule has 0 saturated heterocycles. The van der Waals surface area contributed by atoms with E-state index in [2.05, 4.69) is 27.1 Å². The fraction of sp³-hybridized carbons (Fsp3) is 0.692. The summed E-state index contributed by atoms with van der Waals surface area (Å²) in [6.45, 7) is 8.61. The van der Waals surface area contributed by atoms with E-state index in [0.29, 0.717) is 18.4 Å². The number of aromatic nitrogens is 2. The van der Waals surface area contributed by atoms with E-state index in [0.717, 1.165) is 24.7 Å². The molecule has 0 radical (unpaired) electrons. The van der Waals surface area contributed by atoms with Gasteiger partial charge in [0.1, 0.15) is 11.6 Å². The number of hydrogen-bond donors (Lipinski definition) is 1. The lowest BCUT2D eigenvalue weighted by Crippen LogP contribution is -2.30. The molecule has 0 amide bonds. The Balaban J connectivity index is 2.74. The highest BCUT2D eigenvalue weighted by Crippen LogP contribution is 2.17. The SMILES string of the molecule is CCOc1cc(N(C)CC(C)CNC)nc(C)n1. The van der Waals surface area contributed by atoms with Crippen LogP contribution in [0.5, 0.6) is 5.88 Å². The predicted molar refractivity (Wildman–Crippen MR) is 74.3 cm³/mol. The Morgan fingerprint density at radius 1 is 1.44 bits per heavy atom. The molecule has 18 heavy (non-hydrogen) atoms. The van der Waals surface area contributed by atoms with Crippen LogP contribution in [0.2, 0.25) is 0 Å². The average molecular weight is 252 g/mol. The summed E-state index contributed by atoms with van der Waals surface area (Å²) in [5.74, 6) is 2.86. The topological polar surface area (TPSA) is 50.3 Å². The van der Waals surface area contributed by atoms with Crippen molar-refractivity contribution in [3.8, 4) is 5.88 Å². The average Bonchev–Trinajstić information content (AvgIpc) is 2.28. The maximum Gasteiger partial charge on any atom is 0.218 e. The number of rotatable bonds is 7. The summed E-state index contributed by atoms with van der Waals surface area (Å²) in [6.07, 6.45) is 0. The van der Waals surface area contributed by atoms with Crippen molar-refractivity contribution >= 4 is 5.82 Å². The zero-order chi connectivity index (χ0) is 13.5. The van der Waals surface area contributed by atoms with Crippen molar-refractivity contribution in [1.82, 2.24) is 15.3 Å². The van der Waals surface area contributed by atoms with Crippen LogP contribution in [0, 0.1) is 12.8 Å². The summed E-state index contributed by atoms with van der Waals surface area (Å²) >= 11 is 0. The number of anilines is 1. The van der Waals surface area contributed by atoms with Crippen LogP contribution in [-0.2, 0) is 0 Å². The van der Waals surface area contributed by atoms with Crippen molar-refractivity contribution in [1.29, 1.82) is 0 Å². The van der Waals surface area contributed by atoms with Gasteiger partial charge < -0.3 is 15.0 Å². The fourth-order valence-corrected chi connectivity index (χ4v) is 1.92. The Labute approximate surface area is 110 Å². The molecule has 1 rings (SSSR count). The Hall–Kier alpha value is -1.36. The lowest BCUT2D eigenvalue weighted by atomic mass is 10.1. The number of ether oxygens (including phenoxy) is 1. The molecule has 5 heteroatoms. The van der Waals surface area contributed by atoms with Gasteiger partial charge in [-0.2, -0.15) is 4.98 Å². The quantitative estimate of drug-likeness (QED) is 0.796.